The van der Waals surface area contributed by atoms with E-state index in [1.807, 2.05) is 24.3 Å². The lowest BCUT2D eigenvalue weighted by molar-refractivity contribution is -0.144. The highest BCUT2D eigenvalue weighted by atomic mass is 35.5. The molecule has 5 aliphatic rings. The van der Waals surface area contributed by atoms with E-state index in [1.54, 1.807) is 13.0 Å². The molecule has 0 bridgehead atoms. The van der Waals surface area contributed by atoms with E-state index in [9.17, 15) is 28.7 Å². The molecule has 3 heterocycles. The zero-order valence-corrected chi connectivity index (χ0v) is 28.9. The molecule has 6 atom stereocenters. The molecule has 0 radical (unpaired) electrons. The first-order chi connectivity index (χ1) is 24.0. The number of hydrogen-bond acceptors (Lipinski definition) is 6. The molecule has 0 spiro atoms. The number of benzene rings is 3. The Kier molecular flexibility index (Phi) is 8.16. The van der Waals surface area contributed by atoms with Crippen LogP contribution in [0, 0.1) is 34.9 Å². The van der Waals surface area contributed by atoms with E-state index in [0.29, 0.717) is 24.8 Å². The van der Waals surface area contributed by atoms with Gasteiger partial charge in [0, 0.05) is 36.6 Å². The molecule has 8 rings (SSSR count). The number of fused-ring (bicyclic) bond motifs is 4. The number of hydrogen-bond donors (Lipinski definition) is 1. The number of likely N-dealkylation sites (tertiary alicyclic amines) is 2. The van der Waals surface area contributed by atoms with Gasteiger partial charge >= 0.3 is 0 Å². The molecule has 4 amide bonds. The summed E-state index contributed by atoms with van der Waals surface area (Å²) in [6, 6.07) is 18.3. The van der Waals surface area contributed by atoms with Gasteiger partial charge < -0.3 is 5.11 Å². The zero-order chi connectivity index (χ0) is 35.1. The number of rotatable bonds is 5. The minimum atomic E-state index is -1.33. The number of carbonyl (C=O) groups is 4. The maximum atomic E-state index is 14.6. The third-order valence-corrected chi connectivity index (χ3v) is 12.6. The normalized spacial score (nSPS) is 30.0. The first-order valence-electron chi connectivity index (χ1n) is 17.1. The van der Waals surface area contributed by atoms with Crippen LogP contribution in [0.15, 0.2) is 78.4 Å². The molecule has 2 aliphatic carbocycles. The van der Waals surface area contributed by atoms with Crippen molar-refractivity contribution in [3.05, 3.63) is 105 Å². The number of carbonyl (C=O) groups excluding carboxylic acids is 4. The van der Waals surface area contributed by atoms with E-state index in [-0.39, 0.29) is 45.8 Å². The molecule has 1 saturated carbocycles. The summed E-state index contributed by atoms with van der Waals surface area (Å²) in [7, 11) is 0. The van der Waals surface area contributed by atoms with Crippen LogP contribution < -0.4 is 4.90 Å². The summed E-state index contributed by atoms with van der Waals surface area (Å²) >= 11 is 12.9. The summed E-state index contributed by atoms with van der Waals surface area (Å²) in [5.74, 6) is -5.38. The lowest BCUT2D eigenvalue weighted by Gasteiger charge is -2.49. The number of phenols is 1. The Morgan fingerprint density at radius 3 is 2.32 bits per heavy atom. The van der Waals surface area contributed by atoms with Crippen molar-refractivity contribution in [2.45, 2.75) is 51.1 Å². The number of allylic oxidation sites excluding steroid dienone is 2. The summed E-state index contributed by atoms with van der Waals surface area (Å²) in [6.07, 6.45) is 3.87. The van der Waals surface area contributed by atoms with Crippen molar-refractivity contribution < 1.29 is 28.7 Å². The lowest BCUT2D eigenvalue weighted by atomic mass is 9.51. The van der Waals surface area contributed by atoms with E-state index in [4.69, 9.17) is 23.2 Å². The fourth-order valence-electron chi connectivity index (χ4n) is 9.54. The van der Waals surface area contributed by atoms with Crippen LogP contribution in [0.25, 0.3) is 0 Å². The molecule has 1 N–H and O–H groups in total. The first kappa shape index (κ1) is 33.1. The zero-order valence-electron chi connectivity index (χ0n) is 27.4. The predicted molar refractivity (Wildman–Crippen MR) is 186 cm³/mol. The van der Waals surface area contributed by atoms with Crippen LogP contribution in [0.4, 0.5) is 10.1 Å². The molecule has 11 heteroatoms. The molecule has 4 fully saturated rings. The van der Waals surface area contributed by atoms with Crippen LogP contribution in [0.2, 0.25) is 10.0 Å². The number of amides is 4. The fraction of sp³-hybridized carbons (Fsp3) is 0.385. The van der Waals surface area contributed by atoms with Crippen LogP contribution in [0.3, 0.4) is 0 Å². The van der Waals surface area contributed by atoms with Crippen LogP contribution in [-0.4, -0.2) is 57.7 Å². The molecular formula is C39H36Cl2FN3O5. The Morgan fingerprint density at radius 2 is 1.62 bits per heavy atom. The topological polar surface area (TPSA) is 98.2 Å². The van der Waals surface area contributed by atoms with Crippen molar-refractivity contribution in [1.82, 2.24) is 9.80 Å². The van der Waals surface area contributed by atoms with Crippen molar-refractivity contribution >= 4 is 52.5 Å². The van der Waals surface area contributed by atoms with Gasteiger partial charge in [-0.25, -0.2) is 9.29 Å². The SMILES string of the molecule is CC12C(=O)N(c3ccc(F)c(Cl)c3)C(=O)C1CC1C(=CCC3C(=O)N(C4CCN(Cc5ccccc5)CC4)C(=O)C31)C2c1ccc(O)cc1Cl. The van der Waals surface area contributed by atoms with Crippen molar-refractivity contribution in [3.63, 3.8) is 0 Å². The van der Waals surface area contributed by atoms with E-state index in [2.05, 4.69) is 17.0 Å². The van der Waals surface area contributed by atoms with Gasteiger partial charge in [0.1, 0.15) is 11.6 Å². The smallest absolute Gasteiger partial charge is 0.241 e. The molecule has 3 aromatic carbocycles. The molecule has 258 valence electrons. The van der Waals surface area contributed by atoms with Gasteiger partial charge in [0.2, 0.25) is 23.6 Å². The van der Waals surface area contributed by atoms with E-state index >= 15 is 0 Å². The summed E-state index contributed by atoms with van der Waals surface area (Å²) in [6.45, 7) is 4.09. The molecular weight excluding hydrogens is 680 g/mol. The molecule has 3 aromatic rings. The average molecular weight is 717 g/mol. The molecule has 6 unspecified atom stereocenters. The maximum absolute atomic E-state index is 14.6. The minimum Gasteiger partial charge on any atom is -0.508 e. The summed E-state index contributed by atoms with van der Waals surface area (Å²) in [5, 5.41) is 10.2. The largest absolute Gasteiger partial charge is 0.508 e. The third kappa shape index (κ3) is 5.03. The lowest BCUT2D eigenvalue weighted by Crippen LogP contribution is -2.49. The Balaban J connectivity index is 1.13. The van der Waals surface area contributed by atoms with Crippen LogP contribution in [-0.2, 0) is 25.7 Å². The second kappa shape index (κ2) is 12.3. The van der Waals surface area contributed by atoms with Gasteiger partial charge in [-0.05, 0) is 80.0 Å². The maximum Gasteiger partial charge on any atom is 0.241 e. The molecule has 0 aromatic heterocycles. The number of nitrogens with zero attached hydrogens (tertiary/aromatic N) is 3. The van der Waals surface area contributed by atoms with Crippen LogP contribution >= 0.6 is 23.2 Å². The molecule has 3 saturated heterocycles. The van der Waals surface area contributed by atoms with Crippen molar-refractivity contribution in [1.29, 1.82) is 0 Å². The standard InChI is InChI=1S/C39H36Cl2FN3O5/c1-39-29(36(48)45(38(39)50)23-7-12-32(42)31(41)17-23)19-28-25(34(39)26-9-8-24(46)18-30(26)40)10-11-27-33(28)37(49)44(35(27)47)22-13-15-43(16-14-22)20-21-5-3-2-4-6-21/h2-10,12,17-18,22,27-29,33-34,46H,11,13-16,19-20H2,1H3. The van der Waals surface area contributed by atoms with Gasteiger partial charge in [-0.3, -0.25) is 29.0 Å². The Hall–Kier alpha value is -4.05. The monoisotopic (exact) mass is 715 g/mol. The summed E-state index contributed by atoms with van der Waals surface area (Å²) < 4.78 is 14.2. The van der Waals surface area contributed by atoms with Crippen molar-refractivity contribution in [2.24, 2.45) is 29.1 Å². The first-order valence-corrected chi connectivity index (χ1v) is 17.9. The van der Waals surface area contributed by atoms with E-state index in [1.165, 1.54) is 34.7 Å². The number of piperidine rings is 1. The Bertz CT molecular complexity index is 1960. The number of aromatic hydroxyl groups is 1. The molecule has 8 nitrogen and oxygen atoms in total. The van der Waals surface area contributed by atoms with Crippen LogP contribution in [0.5, 0.6) is 5.75 Å². The minimum absolute atomic E-state index is 0.0519. The Labute approximate surface area is 299 Å². The van der Waals surface area contributed by atoms with Gasteiger partial charge in [0.15, 0.2) is 0 Å². The van der Waals surface area contributed by atoms with E-state index in [0.717, 1.165) is 36.2 Å². The van der Waals surface area contributed by atoms with E-state index < -0.39 is 52.6 Å². The van der Waals surface area contributed by atoms with Crippen molar-refractivity contribution in [2.75, 3.05) is 18.0 Å². The number of imide groups is 2. The second-order valence-electron chi connectivity index (χ2n) is 14.5. The highest BCUT2D eigenvalue weighted by Gasteiger charge is 2.68. The Morgan fingerprint density at radius 1 is 0.880 bits per heavy atom. The van der Waals surface area contributed by atoms with Gasteiger partial charge in [0.25, 0.3) is 0 Å². The van der Waals surface area contributed by atoms with Gasteiger partial charge in [0.05, 0.1) is 33.9 Å². The predicted octanol–water partition coefficient (Wildman–Crippen LogP) is 6.73. The molecule has 50 heavy (non-hydrogen) atoms. The van der Waals surface area contributed by atoms with Crippen LogP contribution in [0.1, 0.15) is 49.7 Å². The summed E-state index contributed by atoms with van der Waals surface area (Å²) in [4.78, 5) is 62.4. The fourth-order valence-corrected chi connectivity index (χ4v) is 10.00. The number of phenolic OH excluding ortho intramolecular Hbond substituents is 1. The van der Waals surface area contributed by atoms with Gasteiger partial charge in [-0.1, -0.05) is 71.2 Å². The second-order valence-corrected chi connectivity index (χ2v) is 15.3. The highest BCUT2D eigenvalue weighted by Crippen LogP contribution is 2.64. The number of anilines is 1. The number of halogens is 3. The van der Waals surface area contributed by atoms with Gasteiger partial charge in [-0.15, -0.1) is 0 Å². The average Bonchev–Trinajstić information content (AvgIpc) is 3.47. The highest BCUT2D eigenvalue weighted by molar-refractivity contribution is 6.32. The van der Waals surface area contributed by atoms with Gasteiger partial charge in [-0.2, -0.15) is 0 Å². The quantitative estimate of drug-likeness (QED) is 0.232. The summed E-state index contributed by atoms with van der Waals surface area (Å²) in [5.41, 5.74) is 1.40. The van der Waals surface area contributed by atoms with Crippen molar-refractivity contribution in [3.8, 4) is 5.75 Å². The molecule has 3 aliphatic heterocycles. The third-order valence-electron chi connectivity index (χ3n) is 11.9.